The van der Waals surface area contributed by atoms with E-state index >= 15 is 0 Å². The SMILES string of the molecule is CCOC(=O)c1cccnc1Oc1ccc(NC)cc1. The van der Waals surface area contributed by atoms with Gasteiger partial charge in [0.1, 0.15) is 11.3 Å². The Balaban J connectivity index is 2.21. The first-order chi connectivity index (χ1) is 9.74. The third-order valence-corrected chi connectivity index (χ3v) is 2.62. The summed E-state index contributed by atoms with van der Waals surface area (Å²) >= 11 is 0. The number of hydrogen-bond acceptors (Lipinski definition) is 5. The zero-order chi connectivity index (χ0) is 14.4. The normalized spacial score (nSPS) is 9.90. The highest BCUT2D eigenvalue weighted by Gasteiger charge is 2.15. The van der Waals surface area contributed by atoms with Gasteiger partial charge >= 0.3 is 5.97 Å². The Labute approximate surface area is 117 Å². The Hall–Kier alpha value is -2.56. The minimum atomic E-state index is -0.442. The average molecular weight is 272 g/mol. The van der Waals surface area contributed by atoms with Crippen molar-refractivity contribution in [3.05, 3.63) is 48.2 Å². The van der Waals surface area contributed by atoms with E-state index in [4.69, 9.17) is 9.47 Å². The first kappa shape index (κ1) is 13.9. The number of pyridine rings is 1. The second-order valence-electron chi connectivity index (χ2n) is 3.95. The number of rotatable bonds is 5. The van der Waals surface area contributed by atoms with Gasteiger partial charge in [0.15, 0.2) is 0 Å². The summed E-state index contributed by atoms with van der Waals surface area (Å²) in [5.41, 5.74) is 1.29. The Kier molecular flexibility index (Phi) is 4.55. The minimum Gasteiger partial charge on any atom is -0.462 e. The molecule has 0 aliphatic rings. The van der Waals surface area contributed by atoms with Gasteiger partial charge in [-0.2, -0.15) is 0 Å². The second kappa shape index (κ2) is 6.56. The summed E-state index contributed by atoms with van der Waals surface area (Å²) in [6.07, 6.45) is 1.57. The second-order valence-corrected chi connectivity index (χ2v) is 3.95. The molecular weight excluding hydrogens is 256 g/mol. The van der Waals surface area contributed by atoms with Crippen LogP contribution in [0.5, 0.6) is 11.6 Å². The molecule has 0 aliphatic heterocycles. The Morgan fingerprint density at radius 3 is 2.65 bits per heavy atom. The fraction of sp³-hybridized carbons (Fsp3) is 0.200. The van der Waals surface area contributed by atoms with Gasteiger partial charge in [-0.1, -0.05) is 0 Å². The van der Waals surface area contributed by atoms with E-state index in [2.05, 4.69) is 10.3 Å². The number of benzene rings is 1. The van der Waals surface area contributed by atoms with E-state index in [-0.39, 0.29) is 5.88 Å². The van der Waals surface area contributed by atoms with E-state index < -0.39 is 5.97 Å². The average Bonchev–Trinajstić information content (AvgIpc) is 2.49. The highest BCUT2D eigenvalue weighted by Crippen LogP contribution is 2.24. The monoisotopic (exact) mass is 272 g/mol. The molecule has 0 bridgehead atoms. The number of nitrogens with zero attached hydrogens (tertiary/aromatic N) is 1. The Bertz CT molecular complexity index is 582. The van der Waals surface area contributed by atoms with Crippen LogP contribution in [0.1, 0.15) is 17.3 Å². The Morgan fingerprint density at radius 1 is 1.25 bits per heavy atom. The van der Waals surface area contributed by atoms with Crippen molar-refractivity contribution in [1.82, 2.24) is 4.98 Å². The molecule has 0 spiro atoms. The molecule has 1 N–H and O–H groups in total. The summed E-state index contributed by atoms with van der Waals surface area (Å²) in [5.74, 6) is 0.402. The molecule has 1 heterocycles. The molecule has 0 amide bonds. The van der Waals surface area contributed by atoms with E-state index in [9.17, 15) is 4.79 Å². The molecule has 1 aromatic heterocycles. The fourth-order valence-corrected chi connectivity index (χ4v) is 1.64. The zero-order valence-electron chi connectivity index (χ0n) is 11.4. The van der Waals surface area contributed by atoms with Gasteiger partial charge in [0.25, 0.3) is 0 Å². The molecule has 0 fully saturated rings. The van der Waals surface area contributed by atoms with Crippen LogP contribution in [-0.2, 0) is 4.74 Å². The van der Waals surface area contributed by atoms with Crippen molar-refractivity contribution >= 4 is 11.7 Å². The third kappa shape index (κ3) is 3.26. The van der Waals surface area contributed by atoms with Crippen molar-refractivity contribution in [2.75, 3.05) is 19.0 Å². The largest absolute Gasteiger partial charge is 0.462 e. The predicted octanol–water partition coefficient (Wildman–Crippen LogP) is 3.09. The van der Waals surface area contributed by atoms with Crippen LogP contribution in [0, 0.1) is 0 Å². The lowest BCUT2D eigenvalue weighted by molar-refractivity contribution is 0.0522. The van der Waals surface area contributed by atoms with E-state index in [1.54, 1.807) is 37.4 Å². The number of nitrogens with one attached hydrogen (secondary N) is 1. The zero-order valence-corrected chi connectivity index (χ0v) is 11.4. The molecule has 0 radical (unpaired) electrons. The molecule has 1 aromatic carbocycles. The van der Waals surface area contributed by atoms with Gasteiger partial charge in [-0.25, -0.2) is 9.78 Å². The molecular formula is C15H16N2O3. The smallest absolute Gasteiger partial charge is 0.343 e. The van der Waals surface area contributed by atoms with E-state index in [0.29, 0.717) is 17.9 Å². The van der Waals surface area contributed by atoms with Gasteiger partial charge < -0.3 is 14.8 Å². The topological polar surface area (TPSA) is 60.5 Å². The maximum absolute atomic E-state index is 11.8. The number of esters is 1. The number of carbonyl (C=O) groups is 1. The number of carbonyl (C=O) groups excluding carboxylic acids is 1. The lowest BCUT2D eigenvalue weighted by Gasteiger charge is -2.09. The van der Waals surface area contributed by atoms with Crippen molar-refractivity contribution in [3.63, 3.8) is 0 Å². The van der Waals surface area contributed by atoms with Gasteiger partial charge in [0.05, 0.1) is 6.61 Å². The highest BCUT2D eigenvalue weighted by molar-refractivity contribution is 5.91. The van der Waals surface area contributed by atoms with E-state index in [0.717, 1.165) is 5.69 Å². The van der Waals surface area contributed by atoms with Crippen LogP contribution in [0.2, 0.25) is 0 Å². The maximum atomic E-state index is 11.8. The number of aromatic nitrogens is 1. The number of ether oxygens (including phenoxy) is 2. The standard InChI is InChI=1S/C15H16N2O3/c1-3-19-15(18)13-5-4-10-17-14(13)20-12-8-6-11(16-2)7-9-12/h4-10,16H,3H2,1-2H3. The summed E-state index contributed by atoms with van der Waals surface area (Å²) in [6.45, 7) is 2.06. The summed E-state index contributed by atoms with van der Waals surface area (Å²) in [6, 6.07) is 10.7. The van der Waals surface area contributed by atoms with Gasteiger partial charge in [-0.3, -0.25) is 0 Å². The van der Waals surface area contributed by atoms with Crippen LogP contribution >= 0.6 is 0 Å². The molecule has 104 valence electrons. The van der Waals surface area contributed by atoms with E-state index in [1.165, 1.54) is 0 Å². The van der Waals surface area contributed by atoms with Crippen molar-refractivity contribution in [2.45, 2.75) is 6.92 Å². The van der Waals surface area contributed by atoms with Crippen molar-refractivity contribution in [2.24, 2.45) is 0 Å². The van der Waals surface area contributed by atoms with Crippen molar-refractivity contribution in [1.29, 1.82) is 0 Å². The Morgan fingerprint density at radius 2 is 2.00 bits per heavy atom. The predicted molar refractivity (Wildman–Crippen MR) is 76.3 cm³/mol. The molecule has 0 atom stereocenters. The quantitative estimate of drug-likeness (QED) is 0.847. The third-order valence-electron chi connectivity index (χ3n) is 2.62. The van der Waals surface area contributed by atoms with Crippen LogP contribution in [-0.4, -0.2) is 24.6 Å². The molecule has 0 saturated carbocycles. The van der Waals surface area contributed by atoms with Gasteiger partial charge in [-0.15, -0.1) is 0 Å². The molecule has 5 heteroatoms. The summed E-state index contributed by atoms with van der Waals surface area (Å²) in [5, 5.41) is 3.02. The number of anilines is 1. The first-order valence-electron chi connectivity index (χ1n) is 6.32. The summed E-state index contributed by atoms with van der Waals surface area (Å²) in [7, 11) is 1.84. The first-order valence-corrected chi connectivity index (χ1v) is 6.32. The molecule has 5 nitrogen and oxygen atoms in total. The van der Waals surface area contributed by atoms with Crippen LogP contribution in [0.25, 0.3) is 0 Å². The summed E-state index contributed by atoms with van der Waals surface area (Å²) < 4.78 is 10.6. The lowest BCUT2D eigenvalue weighted by Crippen LogP contribution is -2.07. The fourth-order valence-electron chi connectivity index (χ4n) is 1.64. The van der Waals surface area contributed by atoms with Crippen LogP contribution in [0.4, 0.5) is 5.69 Å². The molecule has 2 aromatic rings. The molecule has 0 saturated heterocycles. The van der Waals surface area contributed by atoms with Gasteiger partial charge in [-0.05, 0) is 43.3 Å². The van der Waals surface area contributed by atoms with Crippen LogP contribution in [0.15, 0.2) is 42.6 Å². The van der Waals surface area contributed by atoms with Crippen molar-refractivity contribution < 1.29 is 14.3 Å². The van der Waals surface area contributed by atoms with Crippen LogP contribution in [0.3, 0.4) is 0 Å². The lowest BCUT2D eigenvalue weighted by atomic mass is 10.2. The van der Waals surface area contributed by atoms with Crippen LogP contribution < -0.4 is 10.1 Å². The van der Waals surface area contributed by atoms with Crippen molar-refractivity contribution in [3.8, 4) is 11.6 Å². The molecule has 2 rings (SSSR count). The maximum Gasteiger partial charge on any atom is 0.343 e. The summed E-state index contributed by atoms with van der Waals surface area (Å²) in [4.78, 5) is 15.9. The molecule has 20 heavy (non-hydrogen) atoms. The number of hydrogen-bond donors (Lipinski definition) is 1. The van der Waals surface area contributed by atoms with Gasteiger partial charge in [0.2, 0.25) is 5.88 Å². The van der Waals surface area contributed by atoms with Gasteiger partial charge in [0, 0.05) is 18.9 Å². The molecule has 0 aliphatic carbocycles. The minimum absolute atomic E-state index is 0.239. The highest BCUT2D eigenvalue weighted by atomic mass is 16.5. The van der Waals surface area contributed by atoms with E-state index in [1.807, 2.05) is 19.2 Å². The molecule has 0 unspecified atom stereocenters.